The largest absolute Gasteiger partial charge is 0.477 e. The monoisotopic (exact) mass is 657 g/mol. The number of nitrogens with two attached hydrogens (primary N) is 3. The number of rotatable bonds is 14. The molecule has 0 saturated carbocycles. The minimum atomic E-state index is -1.19. The molecule has 20 heteroatoms. The smallest absolute Gasteiger partial charge is 0.341 e. The van der Waals surface area contributed by atoms with Crippen molar-refractivity contribution in [3.63, 3.8) is 0 Å². The van der Waals surface area contributed by atoms with Gasteiger partial charge in [-0.2, -0.15) is 29.8 Å². The quantitative estimate of drug-likeness (QED) is 0.125. The van der Waals surface area contributed by atoms with Crippen LogP contribution in [-0.4, -0.2) is 66.1 Å². The Morgan fingerprint density at radius 1 is 0.771 bits per heavy atom. The second-order valence-electron chi connectivity index (χ2n) is 10.7. The van der Waals surface area contributed by atoms with Crippen molar-refractivity contribution in [2.24, 2.45) is 40.3 Å². The summed E-state index contributed by atoms with van der Waals surface area (Å²) in [4.78, 5) is 32.3. The first kappa shape index (κ1) is 33.0. The first-order chi connectivity index (χ1) is 23.0. The van der Waals surface area contributed by atoms with Gasteiger partial charge in [-0.25, -0.2) is 24.1 Å². The topological polar surface area (TPSA) is 279 Å². The van der Waals surface area contributed by atoms with Gasteiger partial charge in [0.1, 0.15) is 17.5 Å². The van der Waals surface area contributed by atoms with Crippen molar-refractivity contribution in [2.75, 3.05) is 11.5 Å². The number of carboxylic acids is 1. The highest BCUT2D eigenvalue weighted by Crippen LogP contribution is 2.34. The van der Waals surface area contributed by atoms with Crippen LogP contribution >= 0.6 is 0 Å². The van der Waals surface area contributed by atoms with Crippen LogP contribution in [0.1, 0.15) is 71.6 Å². The molecule has 0 unspecified atom stereocenters. The van der Waals surface area contributed by atoms with E-state index in [0.717, 1.165) is 25.7 Å². The van der Waals surface area contributed by atoms with E-state index < -0.39 is 11.9 Å². The lowest BCUT2D eigenvalue weighted by atomic mass is 10.2. The molecule has 5 aromatic heterocycles. The Hall–Kier alpha value is -6.34. The molecule has 0 fully saturated rings. The van der Waals surface area contributed by atoms with Crippen LogP contribution in [0.4, 0.5) is 34.6 Å². The van der Waals surface area contributed by atoms with Gasteiger partial charge in [-0.1, -0.05) is 26.7 Å². The van der Waals surface area contributed by atoms with Crippen LogP contribution in [0.15, 0.2) is 45.2 Å². The van der Waals surface area contributed by atoms with E-state index >= 15 is 0 Å². The van der Waals surface area contributed by atoms with Crippen molar-refractivity contribution in [1.29, 1.82) is 0 Å². The number of nitrogens with zero attached hydrogens (tertiary/aromatic N) is 14. The van der Waals surface area contributed by atoms with Crippen molar-refractivity contribution in [3.05, 3.63) is 47.3 Å². The summed E-state index contributed by atoms with van der Waals surface area (Å²) in [6, 6.07) is 1.59. The van der Waals surface area contributed by atoms with E-state index in [9.17, 15) is 14.7 Å². The average Bonchev–Trinajstić information content (AvgIpc) is 3.80. The van der Waals surface area contributed by atoms with Gasteiger partial charge in [-0.05, 0) is 25.7 Å². The van der Waals surface area contributed by atoms with Gasteiger partial charge in [0.25, 0.3) is 5.91 Å². The number of aryl methyl sites for hydroxylation is 4. The summed E-state index contributed by atoms with van der Waals surface area (Å²) < 4.78 is 5.50. The molecule has 0 aliphatic heterocycles. The molecule has 0 aromatic carbocycles. The molecule has 7 N–H and O–H groups in total. The zero-order valence-electron chi connectivity index (χ0n) is 26.8. The van der Waals surface area contributed by atoms with E-state index in [1.807, 2.05) is 13.8 Å². The SMILES string of the molecule is CCCCc1nn(-c2cc(-n3nc(CCCC)c(/N=N/c4c(C(=O)O)cnn4C)c3N)ncn2)c(N)c1/N=N/c1c(C(N)=O)cnn1C. The number of unbranched alkanes of at least 4 members (excludes halogenated alkanes) is 2. The normalized spacial score (nSPS) is 11.8. The maximum absolute atomic E-state index is 11.9. The zero-order chi connectivity index (χ0) is 34.5. The number of primary amides is 1. The molecule has 5 rings (SSSR count). The maximum atomic E-state index is 11.9. The van der Waals surface area contributed by atoms with Crippen LogP contribution in [0.3, 0.4) is 0 Å². The summed E-state index contributed by atoms with van der Waals surface area (Å²) >= 11 is 0. The predicted molar refractivity (Wildman–Crippen MR) is 173 cm³/mol. The molecule has 0 atom stereocenters. The van der Waals surface area contributed by atoms with E-state index in [0.29, 0.717) is 35.7 Å². The molecule has 0 aliphatic carbocycles. The second-order valence-corrected chi connectivity index (χ2v) is 10.7. The molecule has 5 aromatic rings. The Morgan fingerprint density at radius 2 is 1.23 bits per heavy atom. The highest BCUT2D eigenvalue weighted by Gasteiger charge is 2.22. The van der Waals surface area contributed by atoms with Gasteiger partial charge in [0.2, 0.25) is 0 Å². The first-order valence-corrected chi connectivity index (χ1v) is 15.0. The number of hydrogen-bond acceptors (Lipinski definition) is 14. The van der Waals surface area contributed by atoms with Crippen LogP contribution in [0, 0.1) is 0 Å². The number of aromatic nitrogens is 10. The number of anilines is 2. The summed E-state index contributed by atoms with van der Waals surface area (Å²) in [5, 5.41) is 43.9. The number of amides is 1. The summed E-state index contributed by atoms with van der Waals surface area (Å²) in [7, 11) is 3.17. The van der Waals surface area contributed by atoms with Gasteiger partial charge in [0, 0.05) is 20.2 Å². The van der Waals surface area contributed by atoms with E-state index in [1.54, 1.807) is 20.2 Å². The Kier molecular flexibility index (Phi) is 9.62. The summed E-state index contributed by atoms with van der Waals surface area (Å²) in [6.45, 7) is 4.09. The van der Waals surface area contributed by atoms with Gasteiger partial charge in [0.15, 0.2) is 46.3 Å². The molecule has 0 bridgehead atoms. The molecule has 0 spiro atoms. The van der Waals surface area contributed by atoms with Gasteiger partial charge in [-0.3, -0.25) is 4.79 Å². The molecular weight excluding hydrogens is 622 g/mol. The minimum absolute atomic E-state index is 0.0515. The third-order valence-electron chi connectivity index (χ3n) is 7.34. The fourth-order valence-electron chi connectivity index (χ4n) is 4.72. The van der Waals surface area contributed by atoms with E-state index in [4.69, 9.17) is 17.2 Å². The zero-order valence-corrected chi connectivity index (χ0v) is 26.8. The molecule has 48 heavy (non-hydrogen) atoms. The van der Waals surface area contributed by atoms with Crippen molar-refractivity contribution >= 4 is 46.5 Å². The molecule has 0 radical (unpaired) electrons. The molecular formula is C28H35N17O3. The van der Waals surface area contributed by atoms with Crippen LogP contribution in [-0.2, 0) is 26.9 Å². The third-order valence-corrected chi connectivity index (χ3v) is 7.34. The molecule has 1 amide bonds. The van der Waals surface area contributed by atoms with E-state index in [2.05, 4.69) is 50.8 Å². The van der Waals surface area contributed by atoms with Crippen molar-refractivity contribution < 1.29 is 14.7 Å². The highest BCUT2D eigenvalue weighted by atomic mass is 16.4. The van der Waals surface area contributed by atoms with Crippen molar-refractivity contribution in [2.45, 2.75) is 52.4 Å². The molecule has 0 saturated heterocycles. The number of nitrogen functional groups attached to an aromatic ring is 2. The summed E-state index contributed by atoms with van der Waals surface area (Å²) in [5.74, 6) is -0.798. The van der Waals surface area contributed by atoms with Crippen LogP contribution in [0.5, 0.6) is 0 Å². The van der Waals surface area contributed by atoms with E-state index in [1.165, 1.54) is 37.4 Å². The highest BCUT2D eigenvalue weighted by molar-refractivity contribution is 5.96. The number of carboxylic acid groups (broad SMARTS) is 1. The predicted octanol–water partition coefficient (Wildman–Crippen LogP) is 3.79. The van der Waals surface area contributed by atoms with Crippen molar-refractivity contribution in [3.8, 4) is 11.6 Å². The lowest BCUT2D eigenvalue weighted by Crippen LogP contribution is -2.10. The molecule has 20 nitrogen and oxygen atoms in total. The Labute approximate surface area is 273 Å². The van der Waals surface area contributed by atoms with Gasteiger partial charge in [0.05, 0.1) is 23.8 Å². The number of hydrogen-bond donors (Lipinski definition) is 4. The van der Waals surface area contributed by atoms with Crippen LogP contribution in [0.25, 0.3) is 11.6 Å². The Balaban J connectivity index is 1.55. The number of aromatic carboxylic acids is 1. The number of azo groups is 2. The van der Waals surface area contributed by atoms with Crippen LogP contribution < -0.4 is 17.2 Å². The van der Waals surface area contributed by atoms with Gasteiger partial charge < -0.3 is 22.3 Å². The fourth-order valence-corrected chi connectivity index (χ4v) is 4.72. The van der Waals surface area contributed by atoms with E-state index in [-0.39, 0.29) is 45.9 Å². The third kappa shape index (κ3) is 6.48. The number of carbonyl (C=O) groups is 2. The lowest BCUT2D eigenvalue weighted by molar-refractivity contribution is 0.0697. The summed E-state index contributed by atoms with van der Waals surface area (Å²) in [6.07, 6.45) is 8.29. The molecule has 5 heterocycles. The Bertz CT molecular complexity index is 1890. The minimum Gasteiger partial charge on any atom is -0.477 e. The first-order valence-electron chi connectivity index (χ1n) is 15.0. The maximum Gasteiger partial charge on any atom is 0.341 e. The molecule has 250 valence electrons. The van der Waals surface area contributed by atoms with Gasteiger partial charge in [-0.15, -0.1) is 20.5 Å². The fraction of sp³-hybridized carbons (Fsp3) is 0.357. The van der Waals surface area contributed by atoms with Crippen LogP contribution in [0.2, 0.25) is 0 Å². The summed E-state index contributed by atoms with van der Waals surface area (Å²) in [5.41, 5.74) is 20.3. The standard InChI is InChI=1S/C28H35N17O3/c1-5-7-9-17-21(36-38-26-15(25(31)46)12-34-42(26)3)23(29)44(40-17)19-11-20(33-14-32-19)45-24(30)22(18(41-45)10-8-6-2)37-39-27-16(28(47)48)13-35-43(27)4/h11-14H,5-10,29-30H2,1-4H3,(H2,31,46)(H,47,48)/b38-36+,39-37+. The molecule has 0 aliphatic rings. The average molecular weight is 658 g/mol. The lowest BCUT2D eigenvalue weighted by Gasteiger charge is -2.06. The second kappa shape index (κ2) is 14.0. The Morgan fingerprint density at radius 3 is 1.67 bits per heavy atom. The number of carbonyl (C=O) groups excluding carboxylic acids is 1. The van der Waals surface area contributed by atoms with Gasteiger partial charge >= 0.3 is 5.97 Å². The van der Waals surface area contributed by atoms with Crippen molar-refractivity contribution in [1.82, 2.24) is 49.1 Å².